The third kappa shape index (κ3) is 3.80. The molecule has 0 aliphatic carbocycles. The van der Waals surface area contributed by atoms with Crippen LogP contribution in [0.2, 0.25) is 0 Å². The van der Waals surface area contributed by atoms with Gasteiger partial charge in [0.2, 0.25) is 0 Å². The van der Waals surface area contributed by atoms with Gasteiger partial charge in [-0.05, 0) is 63.0 Å². The number of hydrogen-bond donors (Lipinski definition) is 2. The highest BCUT2D eigenvalue weighted by molar-refractivity contribution is 9.10. The van der Waals surface area contributed by atoms with E-state index < -0.39 is 0 Å². The van der Waals surface area contributed by atoms with Crippen molar-refractivity contribution in [3.05, 3.63) is 34.3 Å². The van der Waals surface area contributed by atoms with Crippen LogP contribution < -0.4 is 10.6 Å². The molecule has 1 saturated heterocycles. The molecule has 1 aromatic carbocycles. The molecule has 0 amide bonds. The van der Waals surface area contributed by atoms with Gasteiger partial charge in [-0.15, -0.1) is 0 Å². The smallest absolute Gasteiger partial charge is 0.0320 e. The van der Waals surface area contributed by atoms with Gasteiger partial charge in [-0.3, -0.25) is 0 Å². The molecule has 1 aliphatic heterocycles. The van der Waals surface area contributed by atoms with Crippen LogP contribution in [0.1, 0.15) is 30.9 Å². The summed E-state index contributed by atoms with van der Waals surface area (Å²) >= 11 is 3.49. The van der Waals surface area contributed by atoms with Crippen molar-refractivity contribution < 1.29 is 0 Å². The van der Waals surface area contributed by atoms with Crippen LogP contribution in [0.25, 0.3) is 0 Å². The summed E-state index contributed by atoms with van der Waals surface area (Å²) in [5.74, 6) is 0.859. The number of piperidine rings is 1. The highest BCUT2D eigenvalue weighted by atomic mass is 79.9. The molecule has 1 atom stereocenters. The summed E-state index contributed by atoms with van der Waals surface area (Å²) in [6.07, 6.45) is 3.88. The van der Waals surface area contributed by atoms with Crippen LogP contribution in [0.4, 0.5) is 0 Å². The number of halogens is 1. The molecule has 0 bridgehead atoms. The minimum Gasteiger partial charge on any atom is -0.317 e. The molecule has 0 radical (unpaired) electrons. The monoisotopic (exact) mass is 296 g/mol. The van der Waals surface area contributed by atoms with E-state index in [4.69, 9.17) is 0 Å². The van der Waals surface area contributed by atoms with Gasteiger partial charge in [0.1, 0.15) is 0 Å². The lowest BCUT2D eigenvalue weighted by Gasteiger charge is -2.27. The lowest BCUT2D eigenvalue weighted by molar-refractivity contribution is 0.318. The predicted molar refractivity (Wildman–Crippen MR) is 76.2 cm³/mol. The fourth-order valence-electron chi connectivity index (χ4n) is 2.57. The second-order valence-electron chi connectivity index (χ2n) is 4.82. The Hall–Kier alpha value is -0.380. The standard InChI is InChI=1S/C14H21BrN2/c1-16-14(10-11-6-8-17-9-7-11)12-2-4-13(15)5-3-12/h2-5,11,14,16-17H,6-10H2,1H3. The molecule has 1 unspecified atom stereocenters. The maximum absolute atomic E-state index is 3.49. The molecular formula is C14H21BrN2. The maximum Gasteiger partial charge on any atom is 0.0320 e. The average Bonchev–Trinajstić information content (AvgIpc) is 2.38. The van der Waals surface area contributed by atoms with E-state index in [0.29, 0.717) is 6.04 Å². The lowest BCUT2D eigenvalue weighted by Crippen LogP contribution is -2.30. The third-order valence-corrected chi connectivity index (χ3v) is 4.18. The summed E-state index contributed by atoms with van der Waals surface area (Å²) in [6, 6.07) is 9.18. The normalized spacial score (nSPS) is 19.2. The second-order valence-corrected chi connectivity index (χ2v) is 5.74. The van der Waals surface area contributed by atoms with Gasteiger partial charge in [-0.1, -0.05) is 28.1 Å². The summed E-state index contributed by atoms with van der Waals surface area (Å²) in [4.78, 5) is 0. The SMILES string of the molecule is CNC(CC1CCNCC1)c1ccc(Br)cc1. The first kappa shape index (κ1) is 13.1. The molecule has 1 fully saturated rings. The third-order valence-electron chi connectivity index (χ3n) is 3.65. The topological polar surface area (TPSA) is 24.1 Å². The largest absolute Gasteiger partial charge is 0.317 e. The molecule has 1 aromatic rings. The molecule has 1 heterocycles. The number of benzene rings is 1. The predicted octanol–water partition coefficient (Wildman–Crippen LogP) is 3.10. The van der Waals surface area contributed by atoms with E-state index in [9.17, 15) is 0 Å². The van der Waals surface area contributed by atoms with Crippen LogP contribution in [-0.4, -0.2) is 20.1 Å². The first-order chi connectivity index (χ1) is 8.29. The van der Waals surface area contributed by atoms with E-state index in [0.717, 1.165) is 10.4 Å². The van der Waals surface area contributed by atoms with Crippen molar-refractivity contribution in [2.75, 3.05) is 20.1 Å². The summed E-state index contributed by atoms with van der Waals surface area (Å²) in [5, 5.41) is 6.88. The summed E-state index contributed by atoms with van der Waals surface area (Å²) < 4.78 is 1.15. The number of nitrogens with one attached hydrogen (secondary N) is 2. The summed E-state index contributed by atoms with van der Waals surface area (Å²) in [5.41, 5.74) is 1.40. The van der Waals surface area contributed by atoms with Crippen molar-refractivity contribution in [1.82, 2.24) is 10.6 Å². The maximum atomic E-state index is 3.49. The van der Waals surface area contributed by atoms with Crippen LogP contribution in [0.5, 0.6) is 0 Å². The first-order valence-corrected chi connectivity index (χ1v) is 7.22. The van der Waals surface area contributed by atoms with Crippen molar-refractivity contribution in [2.24, 2.45) is 5.92 Å². The molecule has 0 aromatic heterocycles. The van der Waals surface area contributed by atoms with E-state index in [1.165, 1.54) is 37.9 Å². The minimum absolute atomic E-state index is 0.492. The van der Waals surface area contributed by atoms with Gasteiger partial charge in [-0.2, -0.15) is 0 Å². The van der Waals surface area contributed by atoms with Crippen molar-refractivity contribution in [2.45, 2.75) is 25.3 Å². The van der Waals surface area contributed by atoms with E-state index in [1.807, 2.05) is 0 Å². The van der Waals surface area contributed by atoms with Gasteiger partial charge in [0, 0.05) is 10.5 Å². The highest BCUT2D eigenvalue weighted by Crippen LogP contribution is 2.27. The molecule has 94 valence electrons. The highest BCUT2D eigenvalue weighted by Gasteiger charge is 2.18. The van der Waals surface area contributed by atoms with Crippen LogP contribution in [0.3, 0.4) is 0 Å². The fourth-order valence-corrected chi connectivity index (χ4v) is 2.83. The zero-order valence-corrected chi connectivity index (χ0v) is 12.0. The van der Waals surface area contributed by atoms with Crippen molar-refractivity contribution in [1.29, 1.82) is 0 Å². The first-order valence-electron chi connectivity index (χ1n) is 6.43. The molecule has 1 aliphatic rings. The van der Waals surface area contributed by atoms with Crippen LogP contribution in [0.15, 0.2) is 28.7 Å². The molecule has 17 heavy (non-hydrogen) atoms. The van der Waals surface area contributed by atoms with E-state index in [-0.39, 0.29) is 0 Å². The van der Waals surface area contributed by atoms with Crippen LogP contribution in [0, 0.1) is 5.92 Å². The molecule has 0 spiro atoms. The Bertz CT molecular complexity index is 331. The zero-order chi connectivity index (χ0) is 12.1. The van der Waals surface area contributed by atoms with Crippen molar-refractivity contribution >= 4 is 15.9 Å². The van der Waals surface area contributed by atoms with Gasteiger partial charge in [-0.25, -0.2) is 0 Å². The Morgan fingerprint density at radius 1 is 1.29 bits per heavy atom. The van der Waals surface area contributed by atoms with Crippen LogP contribution in [-0.2, 0) is 0 Å². The molecule has 2 N–H and O–H groups in total. The van der Waals surface area contributed by atoms with Gasteiger partial charge >= 0.3 is 0 Å². The van der Waals surface area contributed by atoms with Crippen LogP contribution >= 0.6 is 15.9 Å². The van der Waals surface area contributed by atoms with E-state index in [2.05, 4.69) is 57.9 Å². The quantitative estimate of drug-likeness (QED) is 0.892. The van der Waals surface area contributed by atoms with E-state index >= 15 is 0 Å². The number of hydrogen-bond acceptors (Lipinski definition) is 2. The van der Waals surface area contributed by atoms with Gasteiger partial charge in [0.25, 0.3) is 0 Å². The molecular weight excluding hydrogens is 276 g/mol. The van der Waals surface area contributed by atoms with Gasteiger partial charge in [0.15, 0.2) is 0 Å². The number of rotatable bonds is 4. The Morgan fingerprint density at radius 2 is 1.94 bits per heavy atom. The fraction of sp³-hybridized carbons (Fsp3) is 0.571. The van der Waals surface area contributed by atoms with E-state index in [1.54, 1.807) is 0 Å². The lowest BCUT2D eigenvalue weighted by atomic mass is 9.88. The molecule has 2 nitrogen and oxygen atoms in total. The molecule has 3 heteroatoms. The second kappa shape index (κ2) is 6.53. The molecule has 2 rings (SSSR count). The van der Waals surface area contributed by atoms with Crippen molar-refractivity contribution in [3.8, 4) is 0 Å². The van der Waals surface area contributed by atoms with Gasteiger partial charge in [0.05, 0.1) is 0 Å². The Morgan fingerprint density at radius 3 is 2.53 bits per heavy atom. The summed E-state index contributed by atoms with van der Waals surface area (Å²) in [6.45, 7) is 2.36. The average molecular weight is 297 g/mol. The minimum atomic E-state index is 0.492. The Labute approximate surface area is 112 Å². The van der Waals surface area contributed by atoms with Gasteiger partial charge < -0.3 is 10.6 Å². The molecule has 0 saturated carbocycles. The summed E-state index contributed by atoms with van der Waals surface area (Å²) in [7, 11) is 2.06. The zero-order valence-electron chi connectivity index (χ0n) is 10.4. The Kier molecular flexibility index (Phi) is 5.01. The Balaban J connectivity index is 1.97. The van der Waals surface area contributed by atoms with Crippen molar-refractivity contribution in [3.63, 3.8) is 0 Å².